The van der Waals surface area contributed by atoms with Gasteiger partial charge in [0.25, 0.3) is 0 Å². The fourth-order valence-corrected chi connectivity index (χ4v) is 6.38. The van der Waals surface area contributed by atoms with Crippen molar-refractivity contribution in [3.05, 3.63) is 0 Å². The molecule has 4 heteroatoms. The molecule has 5 aliphatic rings. The Bertz CT molecular complexity index is 474. The van der Waals surface area contributed by atoms with Crippen LogP contribution in [0.15, 0.2) is 0 Å². The van der Waals surface area contributed by atoms with E-state index in [0.717, 1.165) is 49.9 Å². The van der Waals surface area contributed by atoms with Crippen LogP contribution in [0.4, 0.5) is 0 Å². The van der Waals surface area contributed by atoms with Gasteiger partial charge in [0.15, 0.2) is 0 Å². The van der Waals surface area contributed by atoms with E-state index in [4.69, 9.17) is 0 Å². The molecule has 0 unspecified atom stereocenters. The lowest BCUT2D eigenvalue weighted by molar-refractivity contribution is -0.148. The van der Waals surface area contributed by atoms with Crippen LogP contribution in [0, 0.1) is 23.2 Å². The maximum atomic E-state index is 13.0. The molecule has 5 aliphatic carbocycles. The minimum atomic E-state index is -0.410. The second-order valence-electron chi connectivity index (χ2n) is 9.24. The molecular formula is C20H32N2O2. The van der Waals surface area contributed by atoms with Gasteiger partial charge in [0.1, 0.15) is 6.04 Å². The standard InChI is InChI=1S/C20H32N2O2/c1-13(18(23)22-17-5-3-2-4-6-17)21-19(24)20-10-14-7-15(11-20)9-16(8-14)12-20/h13-17H,2-12H2,1H3,(H,21,24)(H,22,23)/t13-,14?,15?,16?,20?/m0/s1. The summed E-state index contributed by atoms with van der Waals surface area (Å²) in [6.07, 6.45) is 13.1. The fourth-order valence-electron chi connectivity index (χ4n) is 6.38. The summed E-state index contributed by atoms with van der Waals surface area (Å²) >= 11 is 0. The smallest absolute Gasteiger partial charge is 0.242 e. The van der Waals surface area contributed by atoms with E-state index >= 15 is 0 Å². The van der Waals surface area contributed by atoms with Crippen molar-refractivity contribution in [3.8, 4) is 0 Å². The Morgan fingerprint density at radius 3 is 2.00 bits per heavy atom. The monoisotopic (exact) mass is 332 g/mol. The van der Waals surface area contributed by atoms with Crippen LogP contribution in [0.25, 0.3) is 0 Å². The quantitative estimate of drug-likeness (QED) is 0.831. The summed E-state index contributed by atoms with van der Waals surface area (Å²) in [5.74, 6) is 2.43. The summed E-state index contributed by atoms with van der Waals surface area (Å²) in [5.41, 5.74) is -0.159. The van der Waals surface area contributed by atoms with Crippen molar-refractivity contribution in [2.75, 3.05) is 0 Å². The maximum absolute atomic E-state index is 13.0. The van der Waals surface area contributed by atoms with Crippen LogP contribution in [0.2, 0.25) is 0 Å². The van der Waals surface area contributed by atoms with Crippen LogP contribution in [0.5, 0.6) is 0 Å². The number of hydrogen-bond donors (Lipinski definition) is 2. The minimum Gasteiger partial charge on any atom is -0.352 e. The number of hydrogen-bond acceptors (Lipinski definition) is 2. The van der Waals surface area contributed by atoms with E-state index in [-0.39, 0.29) is 17.2 Å². The van der Waals surface area contributed by atoms with E-state index in [0.29, 0.717) is 6.04 Å². The summed E-state index contributed by atoms with van der Waals surface area (Å²) in [4.78, 5) is 25.5. The Labute approximate surface area is 145 Å². The highest BCUT2D eigenvalue weighted by Crippen LogP contribution is 2.60. The van der Waals surface area contributed by atoms with Crippen molar-refractivity contribution < 1.29 is 9.59 Å². The molecule has 0 aromatic rings. The molecule has 5 saturated carbocycles. The zero-order chi connectivity index (χ0) is 16.7. The van der Waals surface area contributed by atoms with Crippen LogP contribution in [0.1, 0.15) is 77.6 Å². The second kappa shape index (κ2) is 6.34. The Kier molecular flexibility index (Phi) is 4.34. The number of carbonyl (C=O) groups is 2. The van der Waals surface area contributed by atoms with Gasteiger partial charge >= 0.3 is 0 Å². The van der Waals surface area contributed by atoms with Crippen LogP contribution in [0.3, 0.4) is 0 Å². The van der Waals surface area contributed by atoms with Gasteiger partial charge in [0.05, 0.1) is 0 Å². The molecule has 4 nitrogen and oxygen atoms in total. The predicted molar refractivity (Wildman–Crippen MR) is 93.2 cm³/mol. The van der Waals surface area contributed by atoms with Gasteiger partial charge in [-0.15, -0.1) is 0 Å². The van der Waals surface area contributed by atoms with Gasteiger partial charge in [0.2, 0.25) is 11.8 Å². The van der Waals surface area contributed by atoms with E-state index in [9.17, 15) is 9.59 Å². The van der Waals surface area contributed by atoms with E-state index < -0.39 is 6.04 Å². The first-order valence-corrected chi connectivity index (χ1v) is 10.2. The highest BCUT2D eigenvalue weighted by atomic mass is 16.2. The number of carbonyl (C=O) groups excluding carboxylic acids is 2. The number of rotatable bonds is 4. The van der Waals surface area contributed by atoms with Gasteiger partial charge < -0.3 is 10.6 Å². The van der Waals surface area contributed by atoms with Gasteiger partial charge in [-0.25, -0.2) is 0 Å². The maximum Gasteiger partial charge on any atom is 0.242 e. The summed E-state index contributed by atoms with van der Waals surface area (Å²) in [6, 6.07) is -0.0995. The molecule has 0 spiro atoms. The molecule has 5 rings (SSSR count). The van der Waals surface area contributed by atoms with Crippen molar-refractivity contribution in [1.82, 2.24) is 10.6 Å². The van der Waals surface area contributed by atoms with Crippen molar-refractivity contribution in [1.29, 1.82) is 0 Å². The molecule has 0 saturated heterocycles. The van der Waals surface area contributed by atoms with Crippen molar-refractivity contribution >= 4 is 11.8 Å². The largest absolute Gasteiger partial charge is 0.352 e. The summed E-state index contributed by atoms with van der Waals surface area (Å²) in [6.45, 7) is 1.84. The first kappa shape index (κ1) is 16.4. The lowest BCUT2D eigenvalue weighted by Gasteiger charge is -2.55. The van der Waals surface area contributed by atoms with E-state index in [1.807, 2.05) is 6.92 Å². The summed E-state index contributed by atoms with van der Waals surface area (Å²) in [5, 5.41) is 6.22. The summed E-state index contributed by atoms with van der Waals surface area (Å²) in [7, 11) is 0. The molecule has 0 radical (unpaired) electrons. The van der Waals surface area contributed by atoms with Gasteiger partial charge in [0, 0.05) is 11.5 Å². The van der Waals surface area contributed by atoms with E-state index in [1.54, 1.807) is 0 Å². The lowest BCUT2D eigenvalue weighted by Crippen LogP contribution is -2.57. The van der Waals surface area contributed by atoms with Gasteiger partial charge in [-0.1, -0.05) is 19.3 Å². The van der Waals surface area contributed by atoms with Crippen LogP contribution in [-0.4, -0.2) is 23.9 Å². The normalized spacial score (nSPS) is 39.5. The molecule has 0 aromatic carbocycles. The zero-order valence-corrected chi connectivity index (χ0v) is 15.0. The summed E-state index contributed by atoms with van der Waals surface area (Å²) < 4.78 is 0. The van der Waals surface area contributed by atoms with Crippen molar-refractivity contribution in [2.45, 2.75) is 89.6 Å². The third kappa shape index (κ3) is 3.09. The highest BCUT2D eigenvalue weighted by Gasteiger charge is 2.54. The molecule has 5 fully saturated rings. The average molecular weight is 332 g/mol. The van der Waals surface area contributed by atoms with Crippen molar-refractivity contribution in [2.24, 2.45) is 23.2 Å². The Balaban J connectivity index is 1.34. The first-order chi connectivity index (χ1) is 11.5. The third-order valence-electron chi connectivity index (χ3n) is 7.21. The lowest BCUT2D eigenvalue weighted by atomic mass is 9.49. The third-order valence-corrected chi connectivity index (χ3v) is 7.21. The van der Waals surface area contributed by atoms with E-state index in [1.165, 1.54) is 38.5 Å². The molecule has 0 aromatic heterocycles. The van der Waals surface area contributed by atoms with Crippen molar-refractivity contribution in [3.63, 3.8) is 0 Å². The molecular weight excluding hydrogens is 300 g/mol. The molecule has 0 aliphatic heterocycles. The van der Waals surface area contributed by atoms with E-state index in [2.05, 4.69) is 10.6 Å². The predicted octanol–water partition coefficient (Wildman–Crippen LogP) is 3.16. The SMILES string of the molecule is C[C@H](NC(=O)C12CC3CC(CC(C3)C1)C2)C(=O)NC1CCCCC1. The van der Waals surface area contributed by atoms with Gasteiger partial charge in [-0.3, -0.25) is 9.59 Å². The topological polar surface area (TPSA) is 58.2 Å². The highest BCUT2D eigenvalue weighted by molar-refractivity contribution is 5.90. The molecule has 0 heterocycles. The first-order valence-electron chi connectivity index (χ1n) is 10.2. The number of amides is 2. The zero-order valence-electron chi connectivity index (χ0n) is 15.0. The second-order valence-corrected chi connectivity index (χ2v) is 9.24. The van der Waals surface area contributed by atoms with Crippen LogP contribution < -0.4 is 10.6 Å². The Morgan fingerprint density at radius 2 is 1.46 bits per heavy atom. The number of nitrogens with one attached hydrogen (secondary N) is 2. The van der Waals surface area contributed by atoms with Crippen LogP contribution in [-0.2, 0) is 9.59 Å². The average Bonchev–Trinajstić information content (AvgIpc) is 2.54. The fraction of sp³-hybridized carbons (Fsp3) is 0.900. The molecule has 4 bridgehead atoms. The molecule has 24 heavy (non-hydrogen) atoms. The molecule has 2 N–H and O–H groups in total. The molecule has 1 atom stereocenters. The van der Waals surface area contributed by atoms with Gasteiger partial charge in [-0.05, 0) is 76.0 Å². The minimum absolute atomic E-state index is 0.0000201. The van der Waals surface area contributed by atoms with Gasteiger partial charge in [-0.2, -0.15) is 0 Å². The molecule has 134 valence electrons. The Morgan fingerprint density at radius 1 is 0.917 bits per heavy atom. The Hall–Kier alpha value is -1.06. The molecule has 2 amide bonds. The van der Waals surface area contributed by atoms with Crippen LogP contribution >= 0.6 is 0 Å².